The summed E-state index contributed by atoms with van der Waals surface area (Å²) in [5.74, 6) is 0. The maximum absolute atomic E-state index is 11.7. The molecule has 2 aliphatic heterocycles. The van der Waals surface area contributed by atoms with Crippen molar-refractivity contribution in [3.05, 3.63) is 30.1 Å². The van der Waals surface area contributed by atoms with Gasteiger partial charge in [0, 0.05) is 32.4 Å². The minimum absolute atomic E-state index is 0.149. The molecule has 0 aromatic carbocycles. The van der Waals surface area contributed by atoms with Gasteiger partial charge in [-0.1, -0.05) is 6.07 Å². The number of pyridine rings is 1. The first-order chi connectivity index (χ1) is 9.97. The molecule has 0 unspecified atom stereocenters. The van der Waals surface area contributed by atoms with Gasteiger partial charge in [-0.05, 0) is 43.4 Å². The van der Waals surface area contributed by atoms with Gasteiger partial charge in [0.25, 0.3) is 0 Å². The van der Waals surface area contributed by atoms with Gasteiger partial charge in [0.1, 0.15) is 0 Å². The lowest BCUT2D eigenvalue weighted by Crippen LogP contribution is -2.44. The van der Waals surface area contributed by atoms with Crippen LogP contribution in [0.25, 0.3) is 0 Å². The van der Waals surface area contributed by atoms with Crippen molar-refractivity contribution in [3.63, 3.8) is 0 Å². The fourth-order valence-corrected chi connectivity index (χ4v) is 4.61. The molecular weight excluding hydrogens is 286 g/mol. The Morgan fingerprint density at radius 3 is 2.76 bits per heavy atom. The number of sulfonamides is 1. The molecule has 21 heavy (non-hydrogen) atoms. The Kier molecular flexibility index (Phi) is 4.03. The first kappa shape index (κ1) is 14.9. The maximum atomic E-state index is 11.7. The van der Waals surface area contributed by atoms with Gasteiger partial charge in [-0.25, -0.2) is 12.7 Å². The van der Waals surface area contributed by atoms with Crippen LogP contribution in [0.15, 0.2) is 24.4 Å². The van der Waals surface area contributed by atoms with Gasteiger partial charge >= 0.3 is 0 Å². The summed E-state index contributed by atoms with van der Waals surface area (Å²) in [6.07, 6.45) is 6.41. The first-order valence-corrected chi connectivity index (χ1v) is 9.39. The van der Waals surface area contributed by atoms with E-state index in [1.54, 1.807) is 4.31 Å². The molecule has 1 atom stereocenters. The van der Waals surface area contributed by atoms with Crippen LogP contribution in [0.3, 0.4) is 0 Å². The van der Waals surface area contributed by atoms with Crippen molar-refractivity contribution in [1.82, 2.24) is 14.2 Å². The third-order valence-corrected chi connectivity index (χ3v) is 5.97. The molecule has 0 radical (unpaired) electrons. The molecule has 2 fully saturated rings. The number of piperidine rings is 1. The van der Waals surface area contributed by atoms with Gasteiger partial charge in [-0.3, -0.25) is 9.88 Å². The maximum Gasteiger partial charge on any atom is 0.211 e. The van der Waals surface area contributed by atoms with Gasteiger partial charge in [0.05, 0.1) is 11.9 Å². The lowest BCUT2D eigenvalue weighted by Gasteiger charge is -2.40. The molecular formula is C15H23N3O2S. The Labute approximate surface area is 127 Å². The third-order valence-electron chi connectivity index (χ3n) is 4.72. The second-order valence-electron chi connectivity index (χ2n) is 6.48. The molecule has 0 N–H and O–H groups in total. The lowest BCUT2D eigenvalue weighted by atomic mass is 9.79. The van der Waals surface area contributed by atoms with Gasteiger partial charge in [-0.2, -0.15) is 0 Å². The molecule has 1 aromatic heterocycles. The van der Waals surface area contributed by atoms with Crippen molar-refractivity contribution in [2.45, 2.75) is 25.8 Å². The predicted molar refractivity (Wildman–Crippen MR) is 82.2 cm³/mol. The molecule has 0 aliphatic carbocycles. The molecule has 3 heterocycles. The standard InChI is InChI=1S/C15H23N3O2S/c1-21(19,20)18-10-7-15(13-18)6-4-9-17(12-15)11-14-5-2-3-8-16-14/h2-3,5,8H,4,6-7,9-13H2,1H3/t15-/m1/s1. The number of nitrogens with zero attached hydrogens (tertiary/aromatic N) is 3. The second-order valence-corrected chi connectivity index (χ2v) is 8.46. The topological polar surface area (TPSA) is 53.5 Å². The van der Waals surface area contributed by atoms with Crippen LogP contribution in [0.5, 0.6) is 0 Å². The zero-order valence-electron chi connectivity index (χ0n) is 12.5. The summed E-state index contributed by atoms with van der Waals surface area (Å²) in [5.41, 5.74) is 1.24. The van der Waals surface area contributed by atoms with Gasteiger partial charge < -0.3 is 0 Å². The largest absolute Gasteiger partial charge is 0.297 e. The average Bonchev–Trinajstić information content (AvgIpc) is 2.84. The smallest absolute Gasteiger partial charge is 0.211 e. The van der Waals surface area contributed by atoms with Crippen LogP contribution in [0.2, 0.25) is 0 Å². The van der Waals surface area contributed by atoms with E-state index in [0.717, 1.165) is 44.6 Å². The molecule has 0 saturated carbocycles. The zero-order chi connectivity index (χ0) is 14.9. The highest BCUT2D eigenvalue weighted by atomic mass is 32.2. The fourth-order valence-electron chi connectivity index (χ4n) is 3.68. The van der Waals surface area contributed by atoms with Crippen molar-refractivity contribution in [2.75, 3.05) is 32.4 Å². The zero-order valence-corrected chi connectivity index (χ0v) is 13.3. The van der Waals surface area contributed by atoms with Crippen molar-refractivity contribution in [1.29, 1.82) is 0 Å². The van der Waals surface area contributed by atoms with Crippen LogP contribution in [0, 0.1) is 5.41 Å². The van der Waals surface area contributed by atoms with Crippen LogP contribution in [-0.4, -0.2) is 55.0 Å². The summed E-state index contributed by atoms with van der Waals surface area (Å²) in [4.78, 5) is 6.82. The SMILES string of the molecule is CS(=O)(=O)N1CC[C@@]2(CCCN(Cc3ccccn3)C2)C1. The lowest BCUT2D eigenvalue weighted by molar-refractivity contribution is 0.0925. The van der Waals surface area contributed by atoms with E-state index >= 15 is 0 Å². The number of aromatic nitrogens is 1. The number of likely N-dealkylation sites (tertiary alicyclic amines) is 1. The van der Waals surface area contributed by atoms with Gasteiger partial charge in [-0.15, -0.1) is 0 Å². The first-order valence-electron chi connectivity index (χ1n) is 7.54. The summed E-state index contributed by atoms with van der Waals surface area (Å²) in [7, 11) is -3.05. The van der Waals surface area contributed by atoms with Gasteiger partial charge in [0.2, 0.25) is 10.0 Å². The predicted octanol–water partition coefficient (Wildman–Crippen LogP) is 1.33. The van der Waals surface area contributed by atoms with Gasteiger partial charge in [0.15, 0.2) is 0 Å². The molecule has 0 amide bonds. The van der Waals surface area contributed by atoms with Crippen LogP contribution in [-0.2, 0) is 16.6 Å². The number of hydrogen-bond acceptors (Lipinski definition) is 4. The molecule has 1 aromatic rings. The van der Waals surface area contributed by atoms with Crippen molar-refractivity contribution >= 4 is 10.0 Å². The summed E-state index contributed by atoms with van der Waals surface area (Å²) >= 11 is 0. The summed E-state index contributed by atoms with van der Waals surface area (Å²) in [6, 6.07) is 6.00. The molecule has 2 saturated heterocycles. The minimum atomic E-state index is -3.05. The summed E-state index contributed by atoms with van der Waals surface area (Å²) < 4.78 is 25.1. The summed E-state index contributed by atoms with van der Waals surface area (Å²) in [6.45, 7) is 4.29. The third kappa shape index (κ3) is 3.44. The van der Waals surface area contributed by atoms with E-state index in [0.29, 0.717) is 13.1 Å². The molecule has 6 heteroatoms. The number of rotatable bonds is 3. The quantitative estimate of drug-likeness (QED) is 0.845. The average molecular weight is 309 g/mol. The summed E-state index contributed by atoms with van der Waals surface area (Å²) in [5, 5.41) is 0. The molecule has 1 spiro atoms. The van der Waals surface area contributed by atoms with Crippen LogP contribution in [0.4, 0.5) is 0 Å². The minimum Gasteiger partial charge on any atom is -0.297 e. The molecule has 3 rings (SSSR count). The van der Waals surface area contributed by atoms with E-state index in [1.807, 2.05) is 18.3 Å². The second kappa shape index (κ2) is 5.66. The van der Waals surface area contributed by atoms with E-state index in [4.69, 9.17) is 0 Å². The van der Waals surface area contributed by atoms with E-state index < -0.39 is 10.0 Å². The van der Waals surface area contributed by atoms with Crippen LogP contribution in [0.1, 0.15) is 25.0 Å². The highest BCUT2D eigenvalue weighted by Gasteiger charge is 2.43. The highest BCUT2D eigenvalue weighted by molar-refractivity contribution is 7.88. The van der Waals surface area contributed by atoms with E-state index in [1.165, 1.54) is 6.26 Å². The molecule has 0 bridgehead atoms. The van der Waals surface area contributed by atoms with E-state index in [2.05, 4.69) is 16.0 Å². The highest BCUT2D eigenvalue weighted by Crippen LogP contribution is 2.40. The van der Waals surface area contributed by atoms with Crippen molar-refractivity contribution in [3.8, 4) is 0 Å². The Morgan fingerprint density at radius 2 is 2.10 bits per heavy atom. The van der Waals surface area contributed by atoms with E-state index in [9.17, 15) is 8.42 Å². The Hall–Kier alpha value is -0.980. The molecule has 116 valence electrons. The van der Waals surface area contributed by atoms with E-state index in [-0.39, 0.29) is 5.41 Å². The normalized spacial score (nSPS) is 28.2. The molecule has 2 aliphatic rings. The van der Waals surface area contributed by atoms with Crippen LogP contribution >= 0.6 is 0 Å². The Bertz CT molecular complexity index is 590. The number of hydrogen-bond donors (Lipinski definition) is 0. The van der Waals surface area contributed by atoms with Crippen molar-refractivity contribution in [2.24, 2.45) is 5.41 Å². The Morgan fingerprint density at radius 1 is 1.24 bits per heavy atom. The monoisotopic (exact) mass is 309 g/mol. The fraction of sp³-hybridized carbons (Fsp3) is 0.667. The molecule has 5 nitrogen and oxygen atoms in total. The van der Waals surface area contributed by atoms with Crippen molar-refractivity contribution < 1.29 is 8.42 Å². The Balaban J connectivity index is 1.66. The van der Waals surface area contributed by atoms with Crippen LogP contribution < -0.4 is 0 Å².